The topological polar surface area (TPSA) is 40.1 Å². The van der Waals surface area contributed by atoms with E-state index in [0.29, 0.717) is 0 Å². The van der Waals surface area contributed by atoms with E-state index in [1.807, 2.05) is 0 Å². The average Bonchev–Trinajstić information content (AvgIpc) is 1.58. The highest BCUT2D eigenvalue weighted by Gasteiger charge is 2.01. The Kier molecular flexibility index (Phi) is 14.7. The molecule has 0 aliphatic rings. The molecular weight excluding hydrogens is 289 g/mol. The van der Waals surface area contributed by atoms with Crippen LogP contribution in [0.15, 0.2) is 0 Å². The molecule has 0 aliphatic heterocycles. The summed E-state index contributed by atoms with van der Waals surface area (Å²) in [6, 6.07) is 0. The van der Waals surface area contributed by atoms with Gasteiger partial charge in [0.2, 0.25) is 0 Å². The van der Waals surface area contributed by atoms with Gasteiger partial charge in [0.15, 0.2) is 0 Å². The van der Waals surface area contributed by atoms with Crippen LogP contribution >= 0.6 is 12.6 Å². The molecule has 76 valence electrons. The van der Waals surface area contributed by atoms with Gasteiger partial charge in [-0.15, -0.1) is 0 Å². The molecule has 0 amide bonds. The number of halogens is 1. The lowest BCUT2D eigenvalue weighted by Gasteiger charge is -2.22. The number of hydrogen-bond donors (Lipinski definition) is 1. The Bertz CT molecular complexity index is 110. The molecule has 12 heavy (non-hydrogen) atoms. The molecule has 0 aliphatic carbocycles. The maximum atomic E-state index is 8.89. The van der Waals surface area contributed by atoms with Gasteiger partial charge in [-0.25, -0.2) is 0 Å². The summed E-state index contributed by atoms with van der Waals surface area (Å²) in [5.41, 5.74) is 0. The van der Waals surface area contributed by atoms with Crippen LogP contribution in [0.2, 0.25) is 0 Å². The third-order valence-electron chi connectivity index (χ3n) is 0.771. The van der Waals surface area contributed by atoms with Crippen molar-refractivity contribution in [3.8, 4) is 0 Å². The smallest absolute Gasteiger partial charge is 0.0869 e. The van der Waals surface area contributed by atoms with Crippen LogP contribution in [0.3, 0.4) is 0 Å². The molecule has 0 aromatic heterocycles. The van der Waals surface area contributed by atoms with E-state index in [1.165, 1.54) is 0 Å². The molecule has 0 bridgehead atoms. The monoisotopic (exact) mass is 306 g/mol. The molecule has 0 saturated heterocycles. The van der Waals surface area contributed by atoms with Crippen LogP contribution in [0.5, 0.6) is 0 Å². The summed E-state index contributed by atoms with van der Waals surface area (Å²) in [5, 5.41) is 8.89. The lowest BCUT2D eigenvalue weighted by Crippen LogP contribution is -3.00. The fourth-order valence-corrected chi connectivity index (χ4v) is 0.900. The molecule has 0 N–H and O–H groups in total. The van der Waals surface area contributed by atoms with Gasteiger partial charge in [-0.1, -0.05) is 0 Å². The van der Waals surface area contributed by atoms with E-state index >= 15 is 0 Å². The summed E-state index contributed by atoms with van der Waals surface area (Å²) in [4.78, 5) is 8.89. The highest BCUT2D eigenvalue weighted by atomic mass is 127. The first kappa shape index (κ1) is 18.3. The van der Waals surface area contributed by atoms with E-state index in [9.17, 15) is 0 Å². The van der Waals surface area contributed by atoms with Crippen LogP contribution in [0.4, 0.5) is 0 Å². The number of rotatable bonds is 2. The van der Waals surface area contributed by atoms with Gasteiger partial charge in [0.05, 0.1) is 27.7 Å². The first-order valence-corrected chi connectivity index (χ1v) is 4.01. The minimum atomic E-state index is -1.08. The molecule has 3 nitrogen and oxygen atoms in total. The number of thiol groups is 1. The normalized spacial score (nSPS) is 9.08. The van der Waals surface area contributed by atoms with Crippen molar-refractivity contribution in [1.82, 2.24) is 0 Å². The summed E-state index contributed by atoms with van der Waals surface area (Å²) < 4.78 is 1.02. The van der Waals surface area contributed by atoms with E-state index in [4.69, 9.17) is 9.90 Å². The van der Waals surface area contributed by atoms with Crippen LogP contribution < -0.4 is 29.1 Å². The molecule has 0 fully saturated rings. The Balaban J connectivity index is -0.000000142. The second kappa shape index (κ2) is 9.60. The number of hydrogen-bond acceptors (Lipinski definition) is 3. The van der Waals surface area contributed by atoms with Crippen LogP contribution in [-0.4, -0.2) is 43.9 Å². The Morgan fingerprint density at radius 2 is 1.67 bits per heavy atom. The average molecular weight is 306 g/mol. The van der Waals surface area contributed by atoms with E-state index < -0.39 is 5.97 Å². The minimum Gasteiger partial charge on any atom is -1.00 e. The zero-order chi connectivity index (χ0) is 9.49. The van der Waals surface area contributed by atoms with Gasteiger partial charge in [0, 0.05) is 11.7 Å². The number of carbonyl (C=O) groups excluding carboxylic acids is 1. The zero-order valence-electron chi connectivity index (χ0n) is 8.00. The third-order valence-corrected chi connectivity index (χ3v) is 0.971. The van der Waals surface area contributed by atoms with Crippen molar-refractivity contribution in [3.63, 3.8) is 0 Å². The third kappa shape index (κ3) is 46.7. The first-order valence-electron chi connectivity index (χ1n) is 3.38. The van der Waals surface area contributed by atoms with Gasteiger partial charge in [-0.2, -0.15) is 12.6 Å². The predicted octanol–water partition coefficient (Wildman–Crippen LogP) is -3.62. The largest absolute Gasteiger partial charge is 1.00 e. The molecule has 0 aromatic carbocycles. The van der Waals surface area contributed by atoms with Gasteiger partial charge in [-0.3, -0.25) is 0 Å². The predicted molar refractivity (Wildman–Crippen MR) is 47.4 cm³/mol. The SMILES string of the molecule is CC(=O)[O-].C[N+](C)(C)CCS.[I-]. The molecule has 0 radical (unpaired) electrons. The van der Waals surface area contributed by atoms with Crippen molar-refractivity contribution in [2.24, 2.45) is 0 Å². The van der Waals surface area contributed by atoms with Crippen LogP contribution in [0.1, 0.15) is 6.92 Å². The summed E-state index contributed by atoms with van der Waals surface area (Å²) in [6.07, 6.45) is 0. The van der Waals surface area contributed by atoms with Crippen molar-refractivity contribution in [3.05, 3.63) is 0 Å². The van der Waals surface area contributed by atoms with Crippen LogP contribution in [0, 0.1) is 0 Å². The van der Waals surface area contributed by atoms with E-state index in [1.54, 1.807) is 0 Å². The fourth-order valence-electron chi connectivity index (χ4n) is 0.300. The van der Waals surface area contributed by atoms with Crippen molar-refractivity contribution >= 4 is 18.6 Å². The van der Waals surface area contributed by atoms with Gasteiger partial charge in [-0.05, 0) is 6.92 Å². The number of carboxylic acids is 1. The molecule has 5 heteroatoms. The second-order valence-electron chi connectivity index (χ2n) is 3.23. The standard InChI is InChI=1S/C5H13NS.C2H4O2.HI/c1-6(2,3)4-5-7;1-2(3)4;/h4-5H2,1-3H3;1H3,(H,3,4);1H/p-1. The number of carboxylic acid groups (broad SMARTS) is 1. The summed E-state index contributed by atoms with van der Waals surface area (Å²) in [5.74, 6) is -0.108. The first-order chi connectivity index (χ1) is 4.79. The number of carbonyl (C=O) groups is 1. The fraction of sp³-hybridized carbons (Fsp3) is 0.857. The highest BCUT2D eigenvalue weighted by Crippen LogP contribution is 1.88. The number of aliphatic carboxylic acids is 1. The Morgan fingerprint density at radius 3 is 1.67 bits per heavy atom. The second-order valence-corrected chi connectivity index (χ2v) is 3.68. The Morgan fingerprint density at radius 1 is 1.42 bits per heavy atom. The van der Waals surface area contributed by atoms with Crippen LogP contribution in [-0.2, 0) is 4.79 Å². The quantitative estimate of drug-likeness (QED) is 0.325. The van der Waals surface area contributed by atoms with E-state index in [-0.39, 0.29) is 24.0 Å². The van der Waals surface area contributed by atoms with Crippen molar-refractivity contribution in [1.29, 1.82) is 0 Å². The molecular formula is C7H17INO2S-. The van der Waals surface area contributed by atoms with E-state index in [2.05, 4.69) is 33.8 Å². The number of nitrogens with zero attached hydrogens (tertiary/aromatic N) is 1. The molecule has 0 rings (SSSR count). The van der Waals surface area contributed by atoms with Gasteiger partial charge >= 0.3 is 0 Å². The molecule has 0 heterocycles. The summed E-state index contributed by atoms with van der Waals surface area (Å²) >= 11 is 4.10. The summed E-state index contributed by atoms with van der Waals surface area (Å²) in [7, 11) is 6.49. The van der Waals surface area contributed by atoms with Gasteiger partial charge in [0.1, 0.15) is 0 Å². The number of quaternary nitrogens is 1. The van der Waals surface area contributed by atoms with Crippen molar-refractivity contribution in [2.75, 3.05) is 33.4 Å². The lowest BCUT2D eigenvalue weighted by atomic mass is 10.6. The molecule has 0 atom stereocenters. The lowest BCUT2D eigenvalue weighted by molar-refractivity contribution is -0.867. The summed E-state index contributed by atoms with van der Waals surface area (Å²) in [6.45, 7) is 2.11. The molecule has 0 saturated carbocycles. The Labute approximate surface area is 97.2 Å². The maximum Gasteiger partial charge on any atom is 0.0869 e. The van der Waals surface area contributed by atoms with Crippen LogP contribution in [0.25, 0.3) is 0 Å². The van der Waals surface area contributed by atoms with E-state index in [0.717, 1.165) is 23.7 Å². The van der Waals surface area contributed by atoms with Crippen molar-refractivity contribution in [2.45, 2.75) is 6.92 Å². The molecule has 0 unspecified atom stereocenters. The maximum absolute atomic E-state index is 8.89. The van der Waals surface area contributed by atoms with Gasteiger partial charge < -0.3 is 38.4 Å². The highest BCUT2D eigenvalue weighted by molar-refractivity contribution is 7.80. The molecule has 0 spiro atoms. The zero-order valence-corrected chi connectivity index (χ0v) is 11.1. The minimum absolute atomic E-state index is 0. The van der Waals surface area contributed by atoms with Crippen molar-refractivity contribution < 1.29 is 38.4 Å². The van der Waals surface area contributed by atoms with Gasteiger partial charge in [0.25, 0.3) is 0 Å². The Hall–Kier alpha value is 0.510. The molecule has 0 aromatic rings.